The number of para-hydroxylation sites is 1. The molecule has 2 N–H and O–H groups in total. The Balaban J connectivity index is 1.94. The van der Waals surface area contributed by atoms with Crippen LogP contribution >= 0.6 is 11.8 Å². The molecule has 1 aromatic rings. The third kappa shape index (κ3) is 3.45. The number of hydrogen-bond donors (Lipinski definition) is 2. The molecule has 2 atom stereocenters. The fourth-order valence-corrected chi connectivity index (χ4v) is 2.56. The standard InChI is InChI=1S/C14H17NO4S/c1-20-7-6-10(14(17)18)15-13(16)12-8-9-4-2-3-5-11(9)19-12/h2-5,10,12H,6-8H2,1H3,(H,15,16)(H,17,18). The Morgan fingerprint density at radius 2 is 2.25 bits per heavy atom. The van der Waals surface area contributed by atoms with Crippen LogP contribution in [0.1, 0.15) is 12.0 Å². The Bertz CT molecular complexity index is 481. The zero-order valence-electron chi connectivity index (χ0n) is 11.2. The zero-order chi connectivity index (χ0) is 14.5. The number of carbonyl (C=O) groups excluding carboxylic acids is 1. The second-order valence-electron chi connectivity index (χ2n) is 4.60. The van der Waals surface area contributed by atoms with Crippen LogP contribution in [0, 0.1) is 0 Å². The Kier molecular flexibility index (Phi) is 4.89. The van der Waals surface area contributed by atoms with Crippen LogP contribution in [0.3, 0.4) is 0 Å². The highest BCUT2D eigenvalue weighted by Crippen LogP contribution is 2.28. The maximum atomic E-state index is 12.1. The molecule has 0 aromatic heterocycles. The van der Waals surface area contributed by atoms with Gasteiger partial charge in [-0.1, -0.05) is 18.2 Å². The number of carboxylic acid groups (broad SMARTS) is 1. The van der Waals surface area contributed by atoms with Crippen molar-refractivity contribution < 1.29 is 19.4 Å². The molecule has 1 aliphatic heterocycles. The van der Waals surface area contributed by atoms with Crippen molar-refractivity contribution in [2.45, 2.75) is 25.0 Å². The summed E-state index contributed by atoms with van der Waals surface area (Å²) in [7, 11) is 0. The van der Waals surface area contributed by atoms with Crippen LogP contribution in [0.15, 0.2) is 24.3 Å². The van der Waals surface area contributed by atoms with Crippen molar-refractivity contribution in [2.75, 3.05) is 12.0 Å². The number of thioether (sulfide) groups is 1. The maximum Gasteiger partial charge on any atom is 0.326 e. The molecule has 1 amide bonds. The first-order valence-electron chi connectivity index (χ1n) is 6.38. The molecule has 6 heteroatoms. The fraction of sp³-hybridized carbons (Fsp3) is 0.429. The van der Waals surface area contributed by atoms with E-state index in [0.717, 1.165) is 5.56 Å². The molecular formula is C14H17NO4S. The van der Waals surface area contributed by atoms with Crippen molar-refractivity contribution in [2.24, 2.45) is 0 Å². The van der Waals surface area contributed by atoms with E-state index in [-0.39, 0.29) is 5.91 Å². The third-order valence-corrected chi connectivity index (χ3v) is 3.81. The zero-order valence-corrected chi connectivity index (χ0v) is 12.0. The van der Waals surface area contributed by atoms with Crippen molar-refractivity contribution in [3.8, 4) is 5.75 Å². The van der Waals surface area contributed by atoms with Crippen LogP contribution in [0.2, 0.25) is 0 Å². The smallest absolute Gasteiger partial charge is 0.326 e. The molecule has 1 aliphatic rings. The average molecular weight is 295 g/mol. The monoisotopic (exact) mass is 295 g/mol. The molecule has 0 spiro atoms. The van der Waals surface area contributed by atoms with Gasteiger partial charge in [-0.15, -0.1) is 0 Å². The van der Waals surface area contributed by atoms with Gasteiger partial charge in [0.15, 0.2) is 6.10 Å². The van der Waals surface area contributed by atoms with Crippen LogP contribution in [0.25, 0.3) is 0 Å². The summed E-state index contributed by atoms with van der Waals surface area (Å²) < 4.78 is 5.54. The maximum absolute atomic E-state index is 12.1. The number of ether oxygens (including phenoxy) is 1. The highest BCUT2D eigenvalue weighted by atomic mass is 32.2. The summed E-state index contributed by atoms with van der Waals surface area (Å²) in [6.07, 6.45) is 2.15. The van der Waals surface area contributed by atoms with Gasteiger partial charge in [-0.05, 0) is 30.1 Å². The minimum Gasteiger partial charge on any atom is -0.480 e. The number of carbonyl (C=O) groups is 2. The molecule has 1 aromatic carbocycles. The lowest BCUT2D eigenvalue weighted by Gasteiger charge is -2.17. The highest BCUT2D eigenvalue weighted by molar-refractivity contribution is 7.98. The lowest BCUT2D eigenvalue weighted by atomic mass is 10.1. The number of aliphatic carboxylic acids is 1. The predicted molar refractivity (Wildman–Crippen MR) is 77.1 cm³/mol. The quantitative estimate of drug-likeness (QED) is 0.827. The van der Waals surface area contributed by atoms with Gasteiger partial charge >= 0.3 is 5.97 Å². The van der Waals surface area contributed by atoms with Gasteiger partial charge < -0.3 is 15.2 Å². The highest BCUT2D eigenvalue weighted by Gasteiger charge is 2.31. The van der Waals surface area contributed by atoms with Crippen LogP contribution in [0.4, 0.5) is 0 Å². The number of rotatable bonds is 6. The van der Waals surface area contributed by atoms with Crippen molar-refractivity contribution in [3.05, 3.63) is 29.8 Å². The molecule has 2 unspecified atom stereocenters. The van der Waals surface area contributed by atoms with E-state index in [1.165, 1.54) is 0 Å². The summed E-state index contributed by atoms with van der Waals surface area (Å²) in [6, 6.07) is 6.59. The van der Waals surface area contributed by atoms with E-state index in [4.69, 9.17) is 9.84 Å². The van der Waals surface area contributed by atoms with Crippen molar-refractivity contribution in [1.29, 1.82) is 0 Å². The number of hydrogen-bond acceptors (Lipinski definition) is 4. The van der Waals surface area contributed by atoms with E-state index in [9.17, 15) is 9.59 Å². The fourth-order valence-electron chi connectivity index (χ4n) is 2.09. The summed E-state index contributed by atoms with van der Waals surface area (Å²) in [6.45, 7) is 0. The van der Waals surface area contributed by atoms with Gasteiger partial charge in [0.2, 0.25) is 0 Å². The van der Waals surface area contributed by atoms with Gasteiger partial charge in [0.1, 0.15) is 11.8 Å². The Morgan fingerprint density at radius 1 is 1.50 bits per heavy atom. The molecule has 108 valence electrons. The van der Waals surface area contributed by atoms with Gasteiger partial charge in [-0.3, -0.25) is 4.79 Å². The molecule has 0 saturated carbocycles. The van der Waals surface area contributed by atoms with E-state index in [2.05, 4.69) is 5.32 Å². The van der Waals surface area contributed by atoms with Gasteiger partial charge in [-0.2, -0.15) is 11.8 Å². The second-order valence-corrected chi connectivity index (χ2v) is 5.58. The summed E-state index contributed by atoms with van der Waals surface area (Å²) >= 11 is 1.55. The molecular weight excluding hydrogens is 278 g/mol. The molecule has 0 radical (unpaired) electrons. The van der Waals surface area contributed by atoms with Gasteiger partial charge in [-0.25, -0.2) is 4.79 Å². The van der Waals surface area contributed by atoms with Gasteiger partial charge in [0.05, 0.1) is 0 Å². The third-order valence-electron chi connectivity index (χ3n) is 3.16. The molecule has 2 rings (SSSR count). The summed E-state index contributed by atoms with van der Waals surface area (Å²) in [5, 5.41) is 11.7. The van der Waals surface area contributed by atoms with E-state index in [1.807, 2.05) is 30.5 Å². The Labute approximate surface area is 121 Å². The topological polar surface area (TPSA) is 75.6 Å². The largest absolute Gasteiger partial charge is 0.480 e. The predicted octanol–water partition coefficient (Wildman–Crippen LogP) is 1.31. The number of amides is 1. The van der Waals surface area contributed by atoms with Gasteiger partial charge in [0.25, 0.3) is 5.91 Å². The number of fused-ring (bicyclic) bond motifs is 1. The minimum atomic E-state index is -1.01. The first-order chi connectivity index (χ1) is 9.61. The molecule has 20 heavy (non-hydrogen) atoms. The normalized spacial score (nSPS) is 17.9. The van der Waals surface area contributed by atoms with Crippen LogP contribution < -0.4 is 10.1 Å². The van der Waals surface area contributed by atoms with Crippen LogP contribution in [-0.2, 0) is 16.0 Å². The Morgan fingerprint density at radius 3 is 2.90 bits per heavy atom. The number of carboxylic acids is 1. The molecule has 0 bridgehead atoms. The number of nitrogens with one attached hydrogen (secondary N) is 1. The van der Waals surface area contributed by atoms with Crippen LogP contribution in [0.5, 0.6) is 5.75 Å². The number of benzene rings is 1. The summed E-state index contributed by atoms with van der Waals surface area (Å²) in [4.78, 5) is 23.2. The molecule has 0 saturated heterocycles. The minimum absolute atomic E-state index is 0.366. The molecule has 5 nitrogen and oxygen atoms in total. The summed E-state index contributed by atoms with van der Waals surface area (Å²) in [5.74, 6) is 0.00413. The SMILES string of the molecule is CSCCC(NC(=O)C1Cc2ccccc2O1)C(=O)O. The molecule has 0 aliphatic carbocycles. The van der Waals surface area contributed by atoms with E-state index in [1.54, 1.807) is 11.8 Å². The molecule has 1 heterocycles. The van der Waals surface area contributed by atoms with Gasteiger partial charge in [0, 0.05) is 6.42 Å². The van der Waals surface area contributed by atoms with E-state index >= 15 is 0 Å². The lowest BCUT2D eigenvalue weighted by Crippen LogP contribution is -2.47. The first kappa shape index (κ1) is 14.7. The van der Waals surface area contributed by atoms with E-state index in [0.29, 0.717) is 24.3 Å². The van der Waals surface area contributed by atoms with Crippen molar-refractivity contribution in [1.82, 2.24) is 5.32 Å². The van der Waals surface area contributed by atoms with Crippen molar-refractivity contribution >= 4 is 23.6 Å². The van der Waals surface area contributed by atoms with Crippen molar-refractivity contribution in [3.63, 3.8) is 0 Å². The Hall–Kier alpha value is -1.69. The van der Waals surface area contributed by atoms with E-state index < -0.39 is 18.1 Å². The second kappa shape index (κ2) is 6.65. The summed E-state index contributed by atoms with van der Waals surface area (Å²) in [5.41, 5.74) is 0.976. The average Bonchev–Trinajstić information content (AvgIpc) is 2.86. The lowest BCUT2D eigenvalue weighted by molar-refractivity contribution is -0.142. The van der Waals surface area contributed by atoms with Crippen LogP contribution in [-0.4, -0.2) is 41.1 Å². The first-order valence-corrected chi connectivity index (χ1v) is 7.78. The molecule has 0 fully saturated rings.